The van der Waals surface area contributed by atoms with E-state index in [1.807, 2.05) is 72.2 Å². The van der Waals surface area contributed by atoms with Gasteiger partial charge in [0.2, 0.25) is 0 Å². The third-order valence-electron chi connectivity index (χ3n) is 3.89. The Morgan fingerprint density at radius 2 is 1.89 bits per heavy atom. The molecule has 1 aromatic carbocycles. The maximum absolute atomic E-state index is 12.8. The van der Waals surface area contributed by atoms with Crippen LogP contribution in [0.15, 0.2) is 53.2 Å². The van der Waals surface area contributed by atoms with E-state index in [0.717, 1.165) is 27.9 Å². The molecule has 7 heteroatoms. The number of thiophene rings is 1. The maximum Gasteiger partial charge on any atom is 0.264 e. The molecule has 0 N–H and O–H groups in total. The van der Waals surface area contributed by atoms with Crippen molar-refractivity contribution in [2.45, 2.75) is 13.2 Å². The number of carbonyl (C=O) groups excluding carboxylic acids is 1. The molecule has 3 rings (SSSR count). The van der Waals surface area contributed by atoms with E-state index in [0.29, 0.717) is 19.7 Å². The van der Waals surface area contributed by atoms with E-state index in [1.165, 1.54) is 11.3 Å². The van der Waals surface area contributed by atoms with Gasteiger partial charge in [0.05, 0.1) is 17.1 Å². The summed E-state index contributed by atoms with van der Waals surface area (Å²) in [4.78, 5) is 22.2. The van der Waals surface area contributed by atoms with Gasteiger partial charge in [0, 0.05) is 18.5 Å². The maximum atomic E-state index is 12.8. The van der Waals surface area contributed by atoms with E-state index < -0.39 is 0 Å². The number of hydrogen-bond donors (Lipinski definition) is 0. The molecule has 1 amide bonds. The smallest absolute Gasteiger partial charge is 0.264 e. The molecule has 5 nitrogen and oxygen atoms in total. The van der Waals surface area contributed by atoms with Gasteiger partial charge in [-0.05, 0) is 37.7 Å². The molecule has 0 unspecified atom stereocenters. The van der Waals surface area contributed by atoms with Crippen molar-refractivity contribution >= 4 is 28.6 Å². The number of ether oxygens (including phenoxy) is 1. The Morgan fingerprint density at radius 3 is 2.59 bits per heavy atom. The molecule has 0 aliphatic rings. The van der Waals surface area contributed by atoms with Crippen LogP contribution < -0.4 is 4.74 Å². The lowest BCUT2D eigenvalue weighted by Gasteiger charge is -2.23. The highest BCUT2D eigenvalue weighted by atomic mass is 32.1. The van der Waals surface area contributed by atoms with Crippen molar-refractivity contribution in [3.63, 3.8) is 0 Å². The molecular weight excluding hydrogens is 378 g/mol. The van der Waals surface area contributed by atoms with Crippen LogP contribution in [0.5, 0.6) is 5.75 Å². The van der Waals surface area contributed by atoms with Gasteiger partial charge in [-0.2, -0.15) is 0 Å². The van der Waals surface area contributed by atoms with E-state index >= 15 is 0 Å². The SMILES string of the molecule is CN(C)CCN(Cc1csc(COc2ccccc2)n1)C(=O)c1cccs1. The van der Waals surface area contributed by atoms with Crippen LogP contribution in [0.25, 0.3) is 0 Å². The lowest BCUT2D eigenvalue weighted by molar-refractivity contribution is 0.0735. The van der Waals surface area contributed by atoms with Crippen LogP contribution >= 0.6 is 22.7 Å². The Labute approximate surface area is 167 Å². The lowest BCUT2D eigenvalue weighted by atomic mass is 10.3. The number of benzene rings is 1. The zero-order valence-electron chi connectivity index (χ0n) is 15.5. The molecule has 0 spiro atoms. The molecule has 0 saturated heterocycles. The largest absolute Gasteiger partial charge is 0.486 e. The van der Waals surface area contributed by atoms with Crippen molar-refractivity contribution in [2.24, 2.45) is 0 Å². The first kappa shape index (κ1) is 19.5. The molecule has 2 heterocycles. The summed E-state index contributed by atoms with van der Waals surface area (Å²) in [6, 6.07) is 13.5. The van der Waals surface area contributed by atoms with Crippen LogP contribution in [-0.4, -0.2) is 47.9 Å². The summed E-state index contributed by atoms with van der Waals surface area (Å²) in [7, 11) is 4.02. The molecule has 142 valence electrons. The molecule has 2 aromatic heterocycles. The third kappa shape index (κ3) is 5.89. The number of hydrogen-bond acceptors (Lipinski definition) is 6. The highest BCUT2D eigenvalue weighted by molar-refractivity contribution is 7.12. The summed E-state index contributed by atoms with van der Waals surface area (Å²) in [5, 5.41) is 4.85. The van der Waals surface area contributed by atoms with Gasteiger partial charge in [0.1, 0.15) is 17.4 Å². The Kier molecular flexibility index (Phi) is 6.98. The normalized spacial score (nSPS) is 10.9. The zero-order valence-corrected chi connectivity index (χ0v) is 17.1. The van der Waals surface area contributed by atoms with Crippen molar-refractivity contribution in [1.82, 2.24) is 14.8 Å². The predicted octanol–water partition coefficient (Wildman–Crippen LogP) is 3.99. The molecule has 0 aliphatic heterocycles. The predicted molar refractivity (Wildman–Crippen MR) is 111 cm³/mol. The summed E-state index contributed by atoms with van der Waals surface area (Å²) in [5.41, 5.74) is 0.898. The third-order valence-corrected chi connectivity index (χ3v) is 5.62. The van der Waals surface area contributed by atoms with Gasteiger partial charge in [0.25, 0.3) is 5.91 Å². The summed E-state index contributed by atoms with van der Waals surface area (Å²) >= 11 is 3.03. The van der Waals surface area contributed by atoms with E-state index in [1.54, 1.807) is 11.3 Å². The Balaban J connectivity index is 1.63. The molecule has 0 aliphatic carbocycles. The molecular formula is C20H23N3O2S2. The van der Waals surface area contributed by atoms with Gasteiger partial charge in [-0.15, -0.1) is 22.7 Å². The van der Waals surface area contributed by atoms with Gasteiger partial charge in [-0.1, -0.05) is 24.3 Å². The van der Waals surface area contributed by atoms with Gasteiger partial charge in [0.15, 0.2) is 0 Å². The molecule has 0 radical (unpaired) electrons. The first-order chi connectivity index (χ1) is 13.1. The minimum atomic E-state index is 0.0573. The fraction of sp³-hybridized carbons (Fsp3) is 0.300. The number of thiazole rings is 1. The second-order valence-corrected chi connectivity index (χ2v) is 8.23. The quantitative estimate of drug-likeness (QED) is 0.544. The van der Waals surface area contributed by atoms with E-state index in [-0.39, 0.29) is 5.91 Å². The molecule has 0 bridgehead atoms. The highest BCUT2D eigenvalue weighted by Crippen LogP contribution is 2.18. The Morgan fingerprint density at radius 1 is 1.07 bits per heavy atom. The fourth-order valence-electron chi connectivity index (χ4n) is 2.47. The topological polar surface area (TPSA) is 45.7 Å². The second kappa shape index (κ2) is 9.64. The van der Waals surface area contributed by atoms with Crippen molar-refractivity contribution in [3.8, 4) is 5.75 Å². The van der Waals surface area contributed by atoms with Crippen molar-refractivity contribution < 1.29 is 9.53 Å². The standard InChI is InChI=1S/C20H23N3O2S2/c1-22(2)10-11-23(20(24)18-9-6-12-26-18)13-16-15-27-19(21-16)14-25-17-7-4-3-5-8-17/h3-9,12,15H,10-11,13-14H2,1-2H3. The molecule has 3 aromatic rings. The van der Waals surface area contributed by atoms with Crippen LogP contribution in [0.1, 0.15) is 20.4 Å². The summed E-state index contributed by atoms with van der Waals surface area (Å²) < 4.78 is 5.76. The number of carbonyl (C=O) groups is 1. The molecule has 0 saturated carbocycles. The fourth-order valence-corrected chi connectivity index (χ4v) is 3.86. The van der Waals surface area contributed by atoms with Crippen LogP contribution in [0.2, 0.25) is 0 Å². The van der Waals surface area contributed by atoms with Crippen LogP contribution in [0.4, 0.5) is 0 Å². The summed E-state index contributed by atoms with van der Waals surface area (Å²) in [6.45, 7) is 2.42. The van der Waals surface area contributed by atoms with Gasteiger partial charge in [-0.25, -0.2) is 4.98 Å². The summed E-state index contributed by atoms with van der Waals surface area (Å²) in [5.74, 6) is 0.886. The van der Waals surface area contributed by atoms with Crippen molar-refractivity contribution in [3.05, 3.63) is 68.8 Å². The highest BCUT2D eigenvalue weighted by Gasteiger charge is 2.18. The number of amides is 1. The Bertz CT molecular complexity index is 832. The average molecular weight is 402 g/mol. The van der Waals surface area contributed by atoms with Gasteiger partial charge < -0.3 is 14.5 Å². The minimum Gasteiger partial charge on any atom is -0.486 e. The number of rotatable bonds is 9. The summed E-state index contributed by atoms with van der Waals surface area (Å²) in [6.07, 6.45) is 0. The van der Waals surface area contributed by atoms with Crippen LogP contribution in [0.3, 0.4) is 0 Å². The number of para-hydroxylation sites is 1. The Hall–Kier alpha value is -2.22. The molecule has 0 fully saturated rings. The van der Waals surface area contributed by atoms with Crippen LogP contribution in [-0.2, 0) is 13.2 Å². The number of nitrogens with zero attached hydrogens (tertiary/aromatic N) is 3. The van der Waals surface area contributed by atoms with Crippen molar-refractivity contribution in [2.75, 3.05) is 27.2 Å². The number of aromatic nitrogens is 1. The van der Waals surface area contributed by atoms with Gasteiger partial charge >= 0.3 is 0 Å². The second-order valence-electron chi connectivity index (χ2n) is 6.34. The zero-order chi connectivity index (χ0) is 19.1. The molecule has 27 heavy (non-hydrogen) atoms. The minimum absolute atomic E-state index is 0.0573. The monoisotopic (exact) mass is 401 g/mol. The first-order valence-electron chi connectivity index (χ1n) is 8.70. The van der Waals surface area contributed by atoms with Crippen LogP contribution in [0, 0.1) is 0 Å². The average Bonchev–Trinajstić information content (AvgIpc) is 3.35. The molecule has 0 atom stereocenters. The van der Waals surface area contributed by atoms with Crippen molar-refractivity contribution in [1.29, 1.82) is 0 Å². The van der Waals surface area contributed by atoms with E-state index in [4.69, 9.17) is 4.74 Å². The number of likely N-dealkylation sites (N-methyl/N-ethyl adjacent to an activating group) is 1. The van der Waals surface area contributed by atoms with E-state index in [2.05, 4.69) is 9.88 Å². The lowest BCUT2D eigenvalue weighted by Crippen LogP contribution is -2.36. The first-order valence-corrected chi connectivity index (χ1v) is 10.5. The van der Waals surface area contributed by atoms with E-state index in [9.17, 15) is 4.79 Å². The van der Waals surface area contributed by atoms with Gasteiger partial charge in [-0.3, -0.25) is 4.79 Å².